The summed E-state index contributed by atoms with van der Waals surface area (Å²) in [6.07, 6.45) is 2.41. The second-order valence-corrected chi connectivity index (χ2v) is 5.95. The third kappa shape index (κ3) is 2.64. The molecule has 0 spiro atoms. The SMILES string of the molecule is CNc1nc(SC)nc2cc(C3=NNC(=O)CC3C)ccc12. The Balaban J connectivity index is 2.11. The molecule has 2 heterocycles. The van der Waals surface area contributed by atoms with E-state index in [1.165, 1.54) is 11.8 Å². The average molecular weight is 315 g/mol. The molecule has 0 fully saturated rings. The summed E-state index contributed by atoms with van der Waals surface area (Å²) in [5, 5.41) is 9.01. The van der Waals surface area contributed by atoms with Gasteiger partial charge in [0.05, 0.1) is 11.2 Å². The zero-order valence-electron chi connectivity index (χ0n) is 12.7. The summed E-state index contributed by atoms with van der Waals surface area (Å²) < 4.78 is 0. The van der Waals surface area contributed by atoms with E-state index in [1.807, 2.05) is 38.4 Å². The van der Waals surface area contributed by atoms with Crippen LogP contribution in [0.25, 0.3) is 10.9 Å². The van der Waals surface area contributed by atoms with Gasteiger partial charge in [-0.25, -0.2) is 15.4 Å². The number of benzene rings is 1. The zero-order valence-corrected chi connectivity index (χ0v) is 13.5. The Morgan fingerprint density at radius 2 is 2.18 bits per heavy atom. The maximum atomic E-state index is 11.4. The van der Waals surface area contributed by atoms with Gasteiger partial charge in [-0.3, -0.25) is 4.79 Å². The van der Waals surface area contributed by atoms with E-state index in [0.29, 0.717) is 6.42 Å². The van der Waals surface area contributed by atoms with Crippen LogP contribution in [-0.4, -0.2) is 34.9 Å². The van der Waals surface area contributed by atoms with E-state index in [4.69, 9.17) is 0 Å². The van der Waals surface area contributed by atoms with Crippen LogP contribution in [0, 0.1) is 5.92 Å². The Bertz CT molecular complexity index is 774. The van der Waals surface area contributed by atoms with E-state index in [1.54, 1.807) is 0 Å². The second kappa shape index (κ2) is 5.92. The molecule has 0 saturated heterocycles. The molecule has 114 valence electrons. The molecule has 1 amide bonds. The predicted molar refractivity (Wildman–Crippen MR) is 89.3 cm³/mol. The lowest BCUT2D eigenvalue weighted by Crippen LogP contribution is -2.31. The van der Waals surface area contributed by atoms with Crippen molar-refractivity contribution >= 4 is 40.1 Å². The van der Waals surface area contributed by atoms with Gasteiger partial charge < -0.3 is 5.32 Å². The number of carbonyl (C=O) groups is 1. The van der Waals surface area contributed by atoms with Crippen LogP contribution in [0.15, 0.2) is 28.5 Å². The van der Waals surface area contributed by atoms with E-state index in [0.717, 1.165) is 33.2 Å². The fourth-order valence-electron chi connectivity index (χ4n) is 2.55. The van der Waals surface area contributed by atoms with Gasteiger partial charge in [0.2, 0.25) is 5.91 Å². The van der Waals surface area contributed by atoms with Crippen molar-refractivity contribution in [2.24, 2.45) is 11.0 Å². The van der Waals surface area contributed by atoms with Gasteiger partial charge in [0, 0.05) is 30.3 Å². The number of amides is 1. The molecule has 1 aromatic heterocycles. The highest BCUT2D eigenvalue weighted by molar-refractivity contribution is 7.98. The van der Waals surface area contributed by atoms with Crippen molar-refractivity contribution in [2.75, 3.05) is 18.6 Å². The van der Waals surface area contributed by atoms with Crippen molar-refractivity contribution in [3.63, 3.8) is 0 Å². The fourth-order valence-corrected chi connectivity index (χ4v) is 2.92. The van der Waals surface area contributed by atoms with Crippen molar-refractivity contribution < 1.29 is 4.79 Å². The van der Waals surface area contributed by atoms with Crippen LogP contribution in [0.2, 0.25) is 0 Å². The van der Waals surface area contributed by atoms with Gasteiger partial charge in [0.25, 0.3) is 0 Å². The number of nitrogens with one attached hydrogen (secondary N) is 2. The molecule has 1 aliphatic heterocycles. The van der Waals surface area contributed by atoms with E-state index in [2.05, 4.69) is 25.8 Å². The van der Waals surface area contributed by atoms with Crippen LogP contribution in [0.1, 0.15) is 18.9 Å². The van der Waals surface area contributed by atoms with Crippen molar-refractivity contribution in [2.45, 2.75) is 18.5 Å². The molecule has 0 aliphatic carbocycles. The Morgan fingerprint density at radius 3 is 2.86 bits per heavy atom. The normalized spacial score (nSPS) is 18.0. The minimum absolute atomic E-state index is 0.0403. The van der Waals surface area contributed by atoms with Crippen molar-refractivity contribution in [3.05, 3.63) is 23.8 Å². The van der Waals surface area contributed by atoms with Gasteiger partial charge in [-0.05, 0) is 18.4 Å². The quantitative estimate of drug-likeness (QED) is 0.671. The molecule has 0 saturated carbocycles. The fraction of sp³-hybridized carbons (Fsp3) is 0.333. The van der Waals surface area contributed by atoms with Crippen LogP contribution in [-0.2, 0) is 4.79 Å². The molecule has 1 aromatic carbocycles. The third-order valence-corrected chi connectivity index (χ3v) is 4.20. The maximum absolute atomic E-state index is 11.4. The average Bonchev–Trinajstić information content (AvgIpc) is 2.53. The Kier molecular flexibility index (Phi) is 3.98. The minimum Gasteiger partial charge on any atom is -0.372 e. The minimum atomic E-state index is -0.0403. The van der Waals surface area contributed by atoms with Crippen LogP contribution in [0.5, 0.6) is 0 Å². The van der Waals surface area contributed by atoms with Gasteiger partial charge in [0.15, 0.2) is 5.16 Å². The molecule has 1 atom stereocenters. The highest BCUT2D eigenvalue weighted by Gasteiger charge is 2.22. The molecule has 22 heavy (non-hydrogen) atoms. The highest BCUT2D eigenvalue weighted by Crippen LogP contribution is 2.26. The molecule has 0 radical (unpaired) electrons. The smallest absolute Gasteiger partial charge is 0.240 e. The Hall–Kier alpha value is -2.15. The lowest BCUT2D eigenvalue weighted by atomic mass is 9.93. The summed E-state index contributed by atoms with van der Waals surface area (Å²) >= 11 is 1.51. The Morgan fingerprint density at radius 1 is 1.36 bits per heavy atom. The van der Waals surface area contributed by atoms with Gasteiger partial charge in [-0.1, -0.05) is 24.8 Å². The first-order valence-corrected chi connectivity index (χ1v) is 8.25. The highest BCUT2D eigenvalue weighted by atomic mass is 32.2. The monoisotopic (exact) mass is 315 g/mol. The van der Waals surface area contributed by atoms with Crippen molar-refractivity contribution in [1.82, 2.24) is 15.4 Å². The number of fused-ring (bicyclic) bond motifs is 1. The van der Waals surface area contributed by atoms with Crippen molar-refractivity contribution in [1.29, 1.82) is 0 Å². The maximum Gasteiger partial charge on any atom is 0.240 e. The molecule has 6 nitrogen and oxygen atoms in total. The number of nitrogens with zero attached hydrogens (tertiary/aromatic N) is 3. The molecular formula is C15H17N5OS. The number of rotatable bonds is 3. The molecule has 1 aliphatic rings. The van der Waals surface area contributed by atoms with Crippen LogP contribution >= 0.6 is 11.8 Å². The molecule has 3 rings (SSSR count). The van der Waals surface area contributed by atoms with Crippen LogP contribution in [0.4, 0.5) is 5.82 Å². The molecule has 7 heteroatoms. The first-order valence-electron chi connectivity index (χ1n) is 7.02. The lowest BCUT2D eigenvalue weighted by molar-refractivity contribution is -0.121. The third-order valence-electron chi connectivity index (χ3n) is 3.65. The number of thioether (sulfide) groups is 1. The lowest BCUT2D eigenvalue weighted by Gasteiger charge is -2.19. The number of anilines is 1. The Labute approximate surface area is 132 Å². The van der Waals surface area contributed by atoms with Gasteiger partial charge >= 0.3 is 0 Å². The van der Waals surface area contributed by atoms with Crippen LogP contribution in [0.3, 0.4) is 0 Å². The van der Waals surface area contributed by atoms with Gasteiger partial charge in [-0.15, -0.1) is 0 Å². The summed E-state index contributed by atoms with van der Waals surface area (Å²) in [5.74, 6) is 0.867. The number of hydrogen-bond acceptors (Lipinski definition) is 6. The molecule has 0 bridgehead atoms. The molecule has 1 unspecified atom stereocenters. The molecular weight excluding hydrogens is 298 g/mol. The largest absolute Gasteiger partial charge is 0.372 e. The van der Waals surface area contributed by atoms with Gasteiger partial charge in [-0.2, -0.15) is 5.10 Å². The first kappa shape index (κ1) is 14.8. The number of hydrazone groups is 1. The first-order chi connectivity index (χ1) is 10.6. The molecule has 2 N–H and O–H groups in total. The summed E-state index contributed by atoms with van der Waals surface area (Å²) in [6.45, 7) is 2.01. The number of carbonyl (C=O) groups excluding carboxylic acids is 1. The summed E-state index contributed by atoms with van der Waals surface area (Å²) in [4.78, 5) is 20.4. The predicted octanol–water partition coefficient (Wildman–Crippen LogP) is 2.25. The van der Waals surface area contributed by atoms with E-state index in [-0.39, 0.29) is 11.8 Å². The summed E-state index contributed by atoms with van der Waals surface area (Å²) in [6, 6.07) is 5.99. The topological polar surface area (TPSA) is 79.3 Å². The van der Waals surface area contributed by atoms with E-state index < -0.39 is 0 Å². The second-order valence-electron chi connectivity index (χ2n) is 5.18. The zero-order chi connectivity index (χ0) is 15.7. The van der Waals surface area contributed by atoms with E-state index >= 15 is 0 Å². The van der Waals surface area contributed by atoms with E-state index in [9.17, 15) is 4.79 Å². The standard InChI is InChI=1S/C15H17N5OS/c1-8-6-12(21)19-20-13(8)9-4-5-10-11(7-9)17-15(22-3)18-14(10)16-2/h4-5,7-8H,6H2,1-3H3,(H,19,21)(H,16,17,18). The number of aromatic nitrogens is 2. The van der Waals surface area contributed by atoms with Crippen LogP contribution < -0.4 is 10.7 Å². The van der Waals surface area contributed by atoms with Gasteiger partial charge in [0.1, 0.15) is 5.82 Å². The summed E-state index contributed by atoms with van der Waals surface area (Å²) in [7, 11) is 1.85. The van der Waals surface area contributed by atoms with Crippen molar-refractivity contribution in [3.8, 4) is 0 Å². The number of hydrogen-bond donors (Lipinski definition) is 2. The summed E-state index contributed by atoms with van der Waals surface area (Å²) in [5.41, 5.74) is 5.29. The molecule has 2 aromatic rings.